The highest BCUT2D eigenvalue weighted by Crippen LogP contribution is 2.37. The van der Waals surface area contributed by atoms with E-state index in [2.05, 4.69) is 9.72 Å². The van der Waals surface area contributed by atoms with E-state index in [-0.39, 0.29) is 11.3 Å². The minimum absolute atomic E-state index is 0.0814. The van der Waals surface area contributed by atoms with Gasteiger partial charge in [0.2, 0.25) is 0 Å². The van der Waals surface area contributed by atoms with E-state index in [9.17, 15) is 28.1 Å². The number of aromatic nitrogens is 1. The number of rotatable bonds is 5. The molecule has 0 amide bonds. The summed E-state index contributed by atoms with van der Waals surface area (Å²) in [6, 6.07) is 0.608. The summed E-state index contributed by atoms with van der Waals surface area (Å²) in [6.07, 6.45) is -4.21. The maximum atomic E-state index is 12.6. The molecule has 0 aliphatic heterocycles. The number of nitrogens with zero attached hydrogens (tertiary/aromatic N) is 2. The van der Waals surface area contributed by atoms with E-state index >= 15 is 0 Å². The molecule has 0 aliphatic carbocycles. The van der Waals surface area contributed by atoms with Crippen LogP contribution >= 0.6 is 11.8 Å². The largest absolute Gasteiger partial charge is 0.469 e. The third kappa shape index (κ3) is 4.88. The van der Waals surface area contributed by atoms with Crippen LogP contribution in [0.5, 0.6) is 0 Å². The van der Waals surface area contributed by atoms with Gasteiger partial charge in [-0.1, -0.05) is 6.92 Å². The smallest absolute Gasteiger partial charge is 0.433 e. The molecule has 1 unspecified atom stereocenters. The van der Waals surface area contributed by atoms with E-state index in [4.69, 9.17) is 0 Å². The molecule has 1 atom stereocenters. The lowest BCUT2D eigenvalue weighted by Gasteiger charge is -2.12. The SMILES string of the molecule is COC(=O)CC(C)Sc1cc(C(F)(F)F)ncc1[N+](=O)[O-]. The van der Waals surface area contributed by atoms with Crippen molar-refractivity contribution < 1.29 is 27.6 Å². The second kappa shape index (κ2) is 6.74. The first-order chi connectivity index (χ1) is 9.65. The summed E-state index contributed by atoms with van der Waals surface area (Å²) in [7, 11) is 1.18. The Labute approximate surface area is 121 Å². The van der Waals surface area contributed by atoms with Gasteiger partial charge in [-0.25, -0.2) is 4.98 Å². The number of alkyl halides is 3. The molecule has 1 aromatic heterocycles. The number of hydrogen-bond acceptors (Lipinski definition) is 6. The van der Waals surface area contributed by atoms with Crippen molar-refractivity contribution in [2.45, 2.75) is 29.7 Å². The van der Waals surface area contributed by atoms with Gasteiger partial charge in [0.05, 0.1) is 23.3 Å². The van der Waals surface area contributed by atoms with Gasteiger partial charge in [0.25, 0.3) is 0 Å². The quantitative estimate of drug-likeness (QED) is 0.358. The van der Waals surface area contributed by atoms with Crippen LogP contribution in [0.1, 0.15) is 19.0 Å². The maximum Gasteiger partial charge on any atom is 0.433 e. The Morgan fingerprint density at radius 1 is 1.57 bits per heavy atom. The van der Waals surface area contributed by atoms with Gasteiger partial charge in [0.1, 0.15) is 11.9 Å². The number of pyridine rings is 1. The van der Waals surface area contributed by atoms with Crippen LogP contribution in [0.25, 0.3) is 0 Å². The zero-order valence-electron chi connectivity index (χ0n) is 11.0. The highest BCUT2D eigenvalue weighted by Gasteiger charge is 2.34. The standard InChI is InChI=1S/C11H11F3N2O4S/c1-6(3-10(17)20-2)21-8-4-9(11(12,13)14)15-5-7(8)16(18)19/h4-6H,3H2,1-2H3. The first-order valence-corrected chi connectivity index (χ1v) is 6.48. The Balaban J connectivity index is 3.07. The number of halogens is 3. The summed E-state index contributed by atoms with van der Waals surface area (Å²) in [5, 5.41) is 10.3. The molecule has 0 saturated carbocycles. The Morgan fingerprint density at radius 2 is 2.19 bits per heavy atom. The lowest BCUT2D eigenvalue weighted by Crippen LogP contribution is -2.11. The van der Waals surface area contributed by atoms with Crippen molar-refractivity contribution in [3.8, 4) is 0 Å². The molecular formula is C11H11F3N2O4S. The van der Waals surface area contributed by atoms with Gasteiger partial charge in [-0.2, -0.15) is 13.2 Å². The second-order valence-electron chi connectivity index (χ2n) is 4.00. The highest BCUT2D eigenvalue weighted by molar-refractivity contribution is 8.00. The normalized spacial score (nSPS) is 12.8. The van der Waals surface area contributed by atoms with E-state index in [1.54, 1.807) is 6.92 Å². The lowest BCUT2D eigenvalue weighted by atomic mass is 10.3. The summed E-state index contributed by atoms with van der Waals surface area (Å²) < 4.78 is 42.2. The van der Waals surface area contributed by atoms with Crippen LogP contribution in [0.2, 0.25) is 0 Å². The topological polar surface area (TPSA) is 82.3 Å². The maximum absolute atomic E-state index is 12.6. The summed E-state index contributed by atoms with van der Waals surface area (Å²) in [5.41, 5.74) is -1.76. The van der Waals surface area contributed by atoms with Gasteiger partial charge in [-0.15, -0.1) is 11.8 Å². The van der Waals surface area contributed by atoms with Gasteiger partial charge in [-0.3, -0.25) is 14.9 Å². The molecule has 10 heteroatoms. The van der Waals surface area contributed by atoms with Crippen LogP contribution in [0, 0.1) is 10.1 Å². The Kier molecular flexibility index (Phi) is 5.53. The van der Waals surface area contributed by atoms with Crippen molar-refractivity contribution in [1.29, 1.82) is 0 Å². The van der Waals surface area contributed by atoms with Crippen molar-refractivity contribution in [2.75, 3.05) is 7.11 Å². The number of carbonyl (C=O) groups is 1. The fourth-order valence-electron chi connectivity index (χ4n) is 1.39. The van der Waals surface area contributed by atoms with E-state index in [0.717, 1.165) is 11.8 Å². The van der Waals surface area contributed by atoms with Crippen LogP contribution < -0.4 is 0 Å². The summed E-state index contributed by atoms with van der Waals surface area (Å²) in [6.45, 7) is 1.55. The summed E-state index contributed by atoms with van der Waals surface area (Å²) in [5.74, 6) is -0.553. The monoisotopic (exact) mass is 324 g/mol. The average Bonchev–Trinajstić information content (AvgIpc) is 2.36. The Morgan fingerprint density at radius 3 is 2.67 bits per heavy atom. The van der Waals surface area contributed by atoms with Crippen molar-refractivity contribution in [2.24, 2.45) is 0 Å². The first kappa shape index (κ1) is 17.2. The lowest BCUT2D eigenvalue weighted by molar-refractivity contribution is -0.388. The third-order valence-corrected chi connectivity index (χ3v) is 3.49. The van der Waals surface area contributed by atoms with Crippen molar-refractivity contribution in [3.63, 3.8) is 0 Å². The fraction of sp³-hybridized carbons (Fsp3) is 0.455. The second-order valence-corrected chi connectivity index (χ2v) is 5.48. The van der Waals surface area contributed by atoms with Gasteiger partial charge in [0, 0.05) is 5.25 Å². The Bertz CT molecular complexity index is 551. The van der Waals surface area contributed by atoms with Crippen LogP contribution in [0.4, 0.5) is 18.9 Å². The van der Waals surface area contributed by atoms with Crippen LogP contribution in [0.15, 0.2) is 17.2 Å². The average molecular weight is 324 g/mol. The summed E-state index contributed by atoms with van der Waals surface area (Å²) >= 11 is 0.790. The zero-order valence-corrected chi connectivity index (χ0v) is 11.8. The fourth-order valence-corrected chi connectivity index (χ4v) is 2.47. The molecule has 1 rings (SSSR count). The number of methoxy groups -OCH3 is 1. The molecule has 0 aliphatic rings. The van der Waals surface area contributed by atoms with Crippen molar-refractivity contribution >= 4 is 23.4 Å². The number of thioether (sulfide) groups is 1. The van der Waals surface area contributed by atoms with E-state index in [1.165, 1.54) is 7.11 Å². The number of carbonyl (C=O) groups excluding carboxylic acids is 1. The van der Waals surface area contributed by atoms with Crippen molar-refractivity contribution in [1.82, 2.24) is 4.98 Å². The first-order valence-electron chi connectivity index (χ1n) is 5.60. The molecule has 1 aromatic rings. The van der Waals surface area contributed by atoms with Crippen LogP contribution in [0.3, 0.4) is 0 Å². The molecular weight excluding hydrogens is 313 g/mol. The van der Waals surface area contributed by atoms with Crippen LogP contribution in [-0.2, 0) is 15.7 Å². The molecule has 6 nitrogen and oxygen atoms in total. The minimum atomic E-state index is -4.70. The molecule has 0 N–H and O–H groups in total. The van der Waals surface area contributed by atoms with Gasteiger partial charge < -0.3 is 4.74 Å². The number of ether oxygens (including phenoxy) is 1. The predicted octanol–water partition coefficient (Wildman–Crippen LogP) is 3.05. The molecule has 0 fully saturated rings. The van der Waals surface area contributed by atoms with Crippen LogP contribution in [-0.4, -0.2) is 28.2 Å². The highest BCUT2D eigenvalue weighted by atomic mass is 32.2. The molecule has 1 heterocycles. The Hall–Kier alpha value is -1.84. The molecule has 0 spiro atoms. The zero-order chi connectivity index (χ0) is 16.2. The van der Waals surface area contributed by atoms with Gasteiger partial charge in [-0.05, 0) is 6.07 Å². The molecule has 0 saturated heterocycles. The number of esters is 1. The predicted molar refractivity (Wildman–Crippen MR) is 67.8 cm³/mol. The molecule has 0 aromatic carbocycles. The minimum Gasteiger partial charge on any atom is -0.469 e. The molecule has 0 bridgehead atoms. The van der Waals surface area contributed by atoms with Gasteiger partial charge in [0.15, 0.2) is 0 Å². The van der Waals surface area contributed by atoms with Gasteiger partial charge >= 0.3 is 17.8 Å². The molecule has 21 heavy (non-hydrogen) atoms. The molecule has 116 valence electrons. The number of hydrogen-bond donors (Lipinski definition) is 0. The van der Waals surface area contributed by atoms with E-state index in [0.29, 0.717) is 12.3 Å². The van der Waals surface area contributed by atoms with E-state index < -0.39 is 33.7 Å². The molecule has 0 radical (unpaired) electrons. The van der Waals surface area contributed by atoms with Crippen molar-refractivity contribution in [3.05, 3.63) is 28.1 Å². The third-order valence-electron chi connectivity index (χ3n) is 2.34. The number of nitro groups is 1. The van der Waals surface area contributed by atoms with E-state index in [1.807, 2.05) is 0 Å². The summed E-state index contributed by atoms with van der Waals surface area (Å²) in [4.78, 5) is 23.9.